The second-order valence-electron chi connectivity index (χ2n) is 5.81. The minimum Gasteiger partial charge on any atom is -0.409 e. The van der Waals surface area contributed by atoms with E-state index in [4.69, 9.17) is 16.7 Å². The number of allylic oxidation sites excluding steroid dienone is 3. The normalized spacial score (nSPS) is 13.7. The highest BCUT2D eigenvalue weighted by Crippen LogP contribution is 2.10. The zero-order valence-corrected chi connectivity index (χ0v) is 16.6. The molecule has 0 aliphatic heterocycles. The first kappa shape index (κ1) is 23.5. The Kier molecular flexibility index (Phi) is 11.0. The van der Waals surface area contributed by atoms with E-state index in [1.54, 1.807) is 19.2 Å². The molecule has 0 saturated carbocycles. The zero-order chi connectivity index (χ0) is 21.5. The molecule has 0 atom stereocenters. The van der Waals surface area contributed by atoms with Crippen LogP contribution < -0.4 is 16.8 Å². The van der Waals surface area contributed by atoms with Gasteiger partial charge in [0.2, 0.25) is 5.91 Å². The van der Waals surface area contributed by atoms with Crippen molar-refractivity contribution in [1.29, 1.82) is 0 Å². The number of rotatable bonds is 11. The van der Waals surface area contributed by atoms with Crippen molar-refractivity contribution in [2.24, 2.45) is 26.6 Å². The molecule has 0 bridgehead atoms. The maximum Gasteiger partial charge on any atom is 0.249 e. The molecular formula is C21H28N6O2. The maximum absolute atomic E-state index is 11.5. The van der Waals surface area contributed by atoms with Crippen molar-refractivity contribution < 1.29 is 10.0 Å². The van der Waals surface area contributed by atoms with Gasteiger partial charge >= 0.3 is 0 Å². The van der Waals surface area contributed by atoms with E-state index < -0.39 is 5.91 Å². The molecule has 0 aliphatic rings. The number of nitrogens with two attached hydrogens (primary N) is 2. The van der Waals surface area contributed by atoms with E-state index in [0.29, 0.717) is 25.2 Å². The van der Waals surface area contributed by atoms with Crippen LogP contribution in [-0.2, 0) is 4.79 Å². The zero-order valence-electron chi connectivity index (χ0n) is 16.6. The number of nitrogens with zero attached hydrogens (tertiary/aromatic N) is 3. The summed E-state index contributed by atoms with van der Waals surface area (Å²) in [5.74, 6) is -0.0764. The van der Waals surface area contributed by atoms with Gasteiger partial charge in [0.05, 0.1) is 0 Å². The Bertz CT molecular complexity index is 823. The molecule has 154 valence electrons. The summed E-state index contributed by atoms with van der Waals surface area (Å²) in [6.07, 6.45) is 7.06. The fourth-order valence-electron chi connectivity index (χ4n) is 2.40. The molecule has 1 rings (SSSR count). The lowest BCUT2D eigenvalue weighted by Crippen LogP contribution is -2.24. The number of nitrogens with one attached hydrogen (secondary N) is 1. The second-order valence-corrected chi connectivity index (χ2v) is 5.81. The van der Waals surface area contributed by atoms with Crippen LogP contribution in [0.4, 0.5) is 0 Å². The van der Waals surface area contributed by atoms with Gasteiger partial charge in [-0.15, -0.1) is 0 Å². The Labute approximate surface area is 171 Å². The van der Waals surface area contributed by atoms with Crippen molar-refractivity contribution in [1.82, 2.24) is 5.32 Å². The first-order chi connectivity index (χ1) is 14.0. The molecule has 0 unspecified atom stereocenters. The Morgan fingerprint density at radius 2 is 1.97 bits per heavy atom. The van der Waals surface area contributed by atoms with Crippen molar-refractivity contribution in [3.05, 3.63) is 71.8 Å². The number of primary amides is 1. The van der Waals surface area contributed by atoms with Crippen molar-refractivity contribution in [2.75, 3.05) is 19.6 Å². The van der Waals surface area contributed by atoms with E-state index in [2.05, 4.69) is 27.0 Å². The highest BCUT2D eigenvalue weighted by Gasteiger charge is 2.13. The molecular weight excluding hydrogens is 368 g/mol. The number of amides is 1. The lowest BCUT2D eigenvalue weighted by Gasteiger charge is -2.08. The summed E-state index contributed by atoms with van der Waals surface area (Å²) in [5, 5.41) is 15.4. The molecule has 0 spiro atoms. The molecule has 0 fully saturated rings. The van der Waals surface area contributed by atoms with Crippen molar-refractivity contribution in [3.8, 4) is 0 Å². The molecule has 0 radical (unpaired) electrons. The number of carbonyl (C=O) groups excluding carboxylic acids is 1. The molecule has 0 aliphatic carbocycles. The third kappa shape index (κ3) is 8.35. The molecule has 29 heavy (non-hydrogen) atoms. The summed E-state index contributed by atoms with van der Waals surface area (Å²) in [4.78, 5) is 20.0. The molecule has 8 heteroatoms. The molecule has 0 heterocycles. The Hall–Kier alpha value is -3.52. The van der Waals surface area contributed by atoms with Gasteiger partial charge in [-0.3, -0.25) is 9.79 Å². The topological polar surface area (TPSA) is 138 Å². The number of benzene rings is 1. The Morgan fingerprint density at radius 3 is 2.55 bits per heavy atom. The summed E-state index contributed by atoms with van der Waals surface area (Å²) >= 11 is 0. The van der Waals surface area contributed by atoms with Gasteiger partial charge in [-0.2, -0.15) is 0 Å². The molecule has 8 nitrogen and oxygen atoms in total. The van der Waals surface area contributed by atoms with Crippen LogP contribution in [-0.4, -0.2) is 48.6 Å². The molecule has 0 saturated heterocycles. The molecule has 0 aromatic heterocycles. The fourth-order valence-corrected chi connectivity index (χ4v) is 2.40. The van der Waals surface area contributed by atoms with E-state index in [1.807, 2.05) is 30.3 Å². The average molecular weight is 396 g/mol. The van der Waals surface area contributed by atoms with Crippen LogP contribution in [0.1, 0.15) is 18.9 Å². The van der Waals surface area contributed by atoms with Gasteiger partial charge < -0.3 is 22.0 Å². The van der Waals surface area contributed by atoms with Gasteiger partial charge in [-0.1, -0.05) is 54.2 Å². The molecule has 1 aromatic rings. The molecule has 1 amide bonds. The van der Waals surface area contributed by atoms with Crippen LogP contribution in [0.5, 0.6) is 0 Å². The summed E-state index contributed by atoms with van der Waals surface area (Å²) in [6, 6.07) is 9.20. The van der Waals surface area contributed by atoms with Gasteiger partial charge in [-0.25, -0.2) is 4.99 Å². The summed E-state index contributed by atoms with van der Waals surface area (Å²) in [7, 11) is 0. The maximum atomic E-state index is 11.5. The smallest absolute Gasteiger partial charge is 0.249 e. The lowest BCUT2D eigenvalue weighted by atomic mass is 10.0. The predicted molar refractivity (Wildman–Crippen MR) is 118 cm³/mol. The average Bonchev–Trinajstić information content (AvgIpc) is 2.73. The molecule has 6 N–H and O–H groups in total. The third-order valence-corrected chi connectivity index (χ3v) is 3.77. The van der Waals surface area contributed by atoms with Crippen molar-refractivity contribution >= 4 is 23.8 Å². The first-order valence-corrected chi connectivity index (χ1v) is 9.15. The van der Waals surface area contributed by atoms with Crippen molar-refractivity contribution in [2.45, 2.75) is 13.3 Å². The highest BCUT2D eigenvalue weighted by atomic mass is 16.4. The highest BCUT2D eigenvalue weighted by molar-refractivity contribution is 6.12. The van der Waals surface area contributed by atoms with Gasteiger partial charge in [0.1, 0.15) is 5.84 Å². The summed E-state index contributed by atoms with van der Waals surface area (Å²) in [6.45, 7) is 7.02. The van der Waals surface area contributed by atoms with E-state index in [9.17, 15) is 4.79 Å². The number of carbonyl (C=O) groups is 1. The van der Waals surface area contributed by atoms with Crippen LogP contribution in [0.25, 0.3) is 0 Å². The van der Waals surface area contributed by atoms with Gasteiger partial charge in [0.25, 0.3) is 0 Å². The fraction of sp³-hybridized carbons (Fsp3) is 0.238. The van der Waals surface area contributed by atoms with Crippen LogP contribution in [0, 0.1) is 0 Å². The third-order valence-electron chi connectivity index (χ3n) is 3.77. The summed E-state index contributed by atoms with van der Waals surface area (Å²) < 4.78 is 0. The van der Waals surface area contributed by atoms with Crippen molar-refractivity contribution in [3.63, 3.8) is 0 Å². The van der Waals surface area contributed by atoms with Gasteiger partial charge in [0.15, 0.2) is 5.84 Å². The van der Waals surface area contributed by atoms with Crippen LogP contribution in [0.2, 0.25) is 0 Å². The van der Waals surface area contributed by atoms with E-state index in [-0.39, 0.29) is 17.2 Å². The number of hydrogen-bond acceptors (Lipinski definition) is 5. The Balaban J connectivity index is 2.43. The Morgan fingerprint density at radius 1 is 1.24 bits per heavy atom. The summed E-state index contributed by atoms with van der Waals surface area (Å²) in [5.41, 5.74) is 12.9. The number of aliphatic imine (C=N–C) groups is 2. The SMILES string of the molecule is C=C/C=C(C(N)=O)\C(=C/C)C(N)=NCCCNCC=N/C(=N\O)c1ccccc1. The largest absolute Gasteiger partial charge is 0.409 e. The van der Waals surface area contributed by atoms with Gasteiger partial charge in [0, 0.05) is 36.0 Å². The van der Waals surface area contributed by atoms with Crippen LogP contribution in [0.15, 0.2) is 81.4 Å². The number of amidine groups is 2. The van der Waals surface area contributed by atoms with E-state index in [0.717, 1.165) is 12.0 Å². The van der Waals surface area contributed by atoms with Crippen LogP contribution >= 0.6 is 0 Å². The molecule has 1 aromatic carbocycles. The number of oxime groups is 1. The minimum atomic E-state index is -0.585. The monoisotopic (exact) mass is 396 g/mol. The van der Waals surface area contributed by atoms with E-state index in [1.165, 1.54) is 12.2 Å². The second kappa shape index (κ2) is 13.6. The lowest BCUT2D eigenvalue weighted by molar-refractivity contribution is -0.114. The predicted octanol–water partition coefficient (Wildman–Crippen LogP) is 1.77. The van der Waals surface area contributed by atoms with Gasteiger partial charge in [-0.05, 0) is 26.0 Å². The van der Waals surface area contributed by atoms with E-state index >= 15 is 0 Å². The quantitative estimate of drug-likeness (QED) is 0.0861. The standard InChI is InChI=1S/C21H28N6O2/c1-3-9-18(20(23)28)17(4-2)19(22)25-13-8-12-24-14-15-26-21(27-29)16-10-6-5-7-11-16/h3-7,9-11,15,24,29H,1,8,12-14H2,2H3,(H2,22,25)(H2,23,28)/b17-4+,18-9+,26-15?,27-21-. The van der Waals surface area contributed by atoms with Crippen LogP contribution in [0.3, 0.4) is 0 Å². The minimum absolute atomic E-state index is 0.251. The first-order valence-electron chi connectivity index (χ1n) is 9.15. The number of hydrogen-bond donors (Lipinski definition) is 4.